The molecular formula is C14H20ClNO5S. The molecule has 2 aromatic carbocycles. The average Bonchev–Trinajstić information content (AvgIpc) is 2.81. The maximum atomic E-state index is 5.73. The summed E-state index contributed by atoms with van der Waals surface area (Å²) in [5, 5.41) is 0. The molecule has 0 amide bonds. The van der Waals surface area contributed by atoms with Gasteiger partial charge in [-0.15, -0.1) is 0 Å². The second-order valence-electron chi connectivity index (χ2n) is 3.75. The van der Waals surface area contributed by atoms with Crippen LogP contribution in [0.4, 0.5) is 0 Å². The Morgan fingerprint density at radius 3 is 2.09 bits per heavy atom. The van der Waals surface area contributed by atoms with Crippen LogP contribution in [0.5, 0.6) is 5.75 Å². The zero-order chi connectivity index (χ0) is 11.5. The summed E-state index contributed by atoms with van der Waals surface area (Å²) in [7, 11) is 0. The number of ether oxygens (including phenoxy) is 1. The summed E-state index contributed by atoms with van der Waals surface area (Å²) >= 11 is 1.73. The number of nitrogens with zero attached hydrogens (tertiary/aromatic N) is 1. The number of hydrogen-bond donors (Lipinski definition) is 0. The van der Waals surface area contributed by atoms with Crippen LogP contribution >= 0.6 is 11.3 Å². The van der Waals surface area contributed by atoms with Crippen molar-refractivity contribution in [2.24, 2.45) is 0 Å². The fourth-order valence-electron chi connectivity index (χ4n) is 1.73. The second kappa shape index (κ2) is 11.9. The highest BCUT2D eigenvalue weighted by Gasteiger charge is 2.10. The Morgan fingerprint density at radius 2 is 1.41 bits per heavy atom. The number of thiazole rings is 1. The van der Waals surface area contributed by atoms with Gasteiger partial charge in [0.05, 0.1) is 0 Å². The van der Waals surface area contributed by atoms with E-state index in [0.29, 0.717) is 6.73 Å². The first-order valence-corrected chi connectivity index (χ1v) is 6.35. The normalized spacial score (nSPS) is 8.18. The van der Waals surface area contributed by atoms with Crippen molar-refractivity contribution in [1.82, 2.24) is 0 Å². The van der Waals surface area contributed by atoms with Crippen LogP contribution in [-0.4, -0.2) is 21.9 Å². The first-order chi connectivity index (χ1) is 8.43. The van der Waals surface area contributed by atoms with Crippen molar-refractivity contribution in [2.45, 2.75) is 6.73 Å². The number of aromatic nitrogens is 1. The maximum Gasteiger partial charge on any atom is 0.293 e. The largest absolute Gasteiger partial charge is 1.00 e. The highest BCUT2D eigenvalue weighted by molar-refractivity contribution is 7.16. The predicted molar refractivity (Wildman–Crippen MR) is 83.5 cm³/mol. The van der Waals surface area contributed by atoms with Gasteiger partial charge in [0, 0.05) is 6.07 Å². The Morgan fingerprint density at radius 1 is 0.818 bits per heavy atom. The zero-order valence-corrected chi connectivity index (χ0v) is 13.2. The minimum Gasteiger partial charge on any atom is -1.00 e. The van der Waals surface area contributed by atoms with Crippen LogP contribution in [0.25, 0.3) is 10.2 Å². The standard InChI is InChI=1S/C14H12NOS.ClH.4H2O/c1-2-6-12(7-3-1)16-10-15-11-17-14-9-5-4-8-13(14)15;;;;;/h1-9,11H,10H2;1H;4*1H2/q+1;;;;;/p-1. The smallest absolute Gasteiger partial charge is 0.293 e. The lowest BCUT2D eigenvalue weighted by Gasteiger charge is -2.00. The molecule has 0 atom stereocenters. The topological polar surface area (TPSA) is 139 Å². The number of hydrogen-bond acceptors (Lipinski definition) is 2. The van der Waals surface area contributed by atoms with E-state index in [2.05, 4.69) is 28.3 Å². The third-order valence-corrected chi connectivity index (χ3v) is 3.55. The van der Waals surface area contributed by atoms with E-state index in [1.54, 1.807) is 11.3 Å². The van der Waals surface area contributed by atoms with E-state index in [-0.39, 0.29) is 34.3 Å². The van der Waals surface area contributed by atoms with Gasteiger partial charge in [-0.2, -0.15) is 4.57 Å². The molecule has 0 saturated heterocycles. The van der Waals surface area contributed by atoms with Crippen LogP contribution in [0, 0.1) is 0 Å². The van der Waals surface area contributed by atoms with Gasteiger partial charge in [0.1, 0.15) is 10.4 Å². The van der Waals surface area contributed by atoms with Crippen LogP contribution in [0.1, 0.15) is 0 Å². The fraction of sp³-hybridized carbons (Fsp3) is 0.0714. The van der Waals surface area contributed by atoms with Gasteiger partial charge in [-0.3, -0.25) is 0 Å². The summed E-state index contributed by atoms with van der Waals surface area (Å²) in [4.78, 5) is 0. The SMILES string of the molecule is O.O.O.O.[Cl-].c1ccc(OC[n+]2csc3ccccc32)cc1. The van der Waals surface area contributed by atoms with E-state index in [1.165, 1.54) is 10.2 Å². The second-order valence-corrected chi connectivity index (χ2v) is 4.63. The zero-order valence-electron chi connectivity index (χ0n) is 11.6. The van der Waals surface area contributed by atoms with Crippen LogP contribution in [0.15, 0.2) is 60.1 Å². The number of benzene rings is 2. The molecule has 3 rings (SSSR count). The molecule has 8 N–H and O–H groups in total. The van der Waals surface area contributed by atoms with Crippen molar-refractivity contribution in [3.05, 3.63) is 60.1 Å². The van der Waals surface area contributed by atoms with E-state index in [9.17, 15) is 0 Å². The molecule has 1 aromatic heterocycles. The molecular weight excluding hydrogens is 330 g/mol. The molecule has 8 heteroatoms. The minimum absolute atomic E-state index is 0. The summed E-state index contributed by atoms with van der Waals surface area (Å²) in [6.45, 7) is 0.550. The summed E-state index contributed by atoms with van der Waals surface area (Å²) in [6.07, 6.45) is 0. The lowest BCUT2D eigenvalue weighted by molar-refractivity contribution is -0.696. The van der Waals surface area contributed by atoms with Gasteiger partial charge in [0.15, 0.2) is 0 Å². The molecule has 0 radical (unpaired) electrons. The fourth-order valence-corrected chi connectivity index (χ4v) is 2.61. The van der Waals surface area contributed by atoms with Crippen LogP contribution in [-0.2, 0) is 6.73 Å². The van der Waals surface area contributed by atoms with Gasteiger partial charge in [-0.1, -0.05) is 41.7 Å². The summed E-state index contributed by atoms with van der Waals surface area (Å²) in [6, 6.07) is 18.2. The Labute approximate surface area is 138 Å². The van der Waals surface area contributed by atoms with E-state index < -0.39 is 0 Å². The minimum atomic E-state index is 0. The van der Waals surface area contributed by atoms with Crippen molar-refractivity contribution < 1.29 is 43.6 Å². The van der Waals surface area contributed by atoms with Crippen molar-refractivity contribution in [3.8, 4) is 5.75 Å². The highest BCUT2D eigenvalue weighted by Crippen LogP contribution is 2.15. The maximum absolute atomic E-state index is 5.73. The van der Waals surface area contributed by atoms with Crippen molar-refractivity contribution in [2.75, 3.05) is 0 Å². The van der Waals surface area contributed by atoms with Crippen LogP contribution < -0.4 is 21.7 Å². The molecule has 0 spiro atoms. The van der Waals surface area contributed by atoms with Gasteiger partial charge in [0.25, 0.3) is 6.73 Å². The number of halogens is 1. The number of fused-ring (bicyclic) bond motifs is 1. The van der Waals surface area contributed by atoms with E-state index in [0.717, 1.165) is 5.75 Å². The molecule has 0 aliphatic carbocycles. The van der Waals surface area contributed by atoms with E-state index in [1.807, 2.05) is 36.4 Å². The van der Waals surface area contributed by atoms with Crippen molar-refractivity contribution >= 4 is 21.6 Å². The van der Waals surface area contributed by atoms with Crippen LogP contribution in [0.3, 0.4) is 0 Å². The third-order valence-electron chi connectivity index (χ3n) is 2.60. The van der Waals surface area contributed by atoms with E-state index in [4.69, 9.17) is 4.74 Å². The summed E-state index contributed by atoms with van der Waals surface area (Å²) < 4.78 is 9.13. The molecule has 0 aliphatic heterocycles. The average molecular weight is 350 g/mol. The first kappa shape index (κ1) is 25.2. The van der Waals surface area contributed by atoms with Crippen molar-refractivity contribution in [3.63, 3.8) is 0 Å². The summed E-state index contributed by atoms with van der Waals surface area (Å²) in [5.41, 5.74) is 3.31. The van der Waals surface area contributed by atoms with Crippen molar-refractivity contribution in [1.29, 1.82) is 0 Å². The monoisotopic (exact) mass is 349 g/mol. The lowest BCUT2D eigenvalue weighted by atomic mass is 10.3. The predicted octanol–water partition coefficient (Wildman–Crippen LogP) is -3.07. The molecule has 0 unspecified atom stereocenters. The molecule has 0 bridgehead atoms. The van der Waals surface area contributed by atoms with Crippen LogP contribution in [0.2, 0.25) is 0 Å². The highest BCUT2D eigenvalue weighted by atomic mass is 35.5. The molecule has 0 aliphatic rings. The number of rotatable bonds is 3. The Hall–Kier alpha value is -1.74. The quantitative estimate of drug-likeness (QED) is 0.455. The third kappa shape index (κ3) is 5.57. The molecule has 0 saturated carbocycles. The van der Waals surface area contributed by atoms with Gasteiger partial charge < -0.3 is 39.0 Å². The Balaban J connectivity index is -0.000000722. The van der Waals surface area contributed by atoms with Gasteiger partial charge in [-0.05, 0) is 18.2 Å². The summed E-state index contributed by atoms with van der Waals surface area (Å²) in [5.74, 6) is 0.898. The molecule has 3 aromatic rings. The molecule has 1 heterocycles. The Bertz CT molecular complexity index is 635. The van der Waals surface area contributed by atoms with Gasteiger partial charge in [0.2, 0.25) is 11.0 Å². The van der Waals surface area contributed by atoms with E-state index >= 15 is 0 Å². The molecule has 22 heavy (non-hydrogen) atoms. The molecule has 124 valence electrons. The van der Waals surface area contributed by atoms with Gasteiger partial charge >= 0.3 is 0 Å². The number of para-hydroxylation sites is 2. The molecule has 0 fully saturated rings. The lowest BCUT2D eigenvalue weighted by Crippen LogP contribution is -3.00. The van der Waals surface area contributed by atoms with Gasteiger partial charge in [-0.25, -0.2) is 0 Å². The Kier molecular flexibility index (Phi) is 13.6. The molecule has 6 nitrogen and oxygen atoms in total. The first-order valence-electron chi connectivity index (χ1n) is 5.47.